The minimum atomic E-state index is -3.60. The van der Waals surface area contributed by atoms with Crippen LogP contribution in [0.5, 0.6) is 0 Å². The molecule has 5 aromatic rings. The van der Waals surface area contributed by atoms with Crippen molar-refractivity contribution in [1.29, 1.82) is 0 Å². The van der Waals surface area contributed by atoms with Gasteiger partial charge in [-0.05, 0) is 48.4 Å². The average molecular weight is 527 g/mol. The first-order valence-electron chi connectivity index (χ1n) is 13.0. The van der Waals surface area contributed by atoms with Crippen molar-refractivity contribution in [2.24, 2.45) is 0 Å². The first-order chi connectivity index (χ1) is 18.5. The van der Waals surface area contributed by atoms with Crippen molar-refractivity contribution in [2.75, 3.05) is 31.1 Å². The summed E-state index contributed by atoms with van der Waals surface area (Å²) >= 11 is 0. The molecular formula is C29H30N6O2S. The second-order valence-corrected chi connectivity index (χ2v) is 11.6. The molecule has 9 heteroatoms. The van der Waals surface area contributed by atoms with E-state index in [-0.39, 0.29) is 0 Å². The topological polar surface area (TPSA) is 84.2 Å². The van der Waals surface area contributed by atoms with E-state index in [2.05, 4.69) is 11.8 Å². The lowest BCUT2D eigenvalue weighted by molar-refractivity contribution is 0.384. The van der Waals surface area contributed by atoms with Crippen LogP contribution in [0.1, 0.15) is 24.9 Å². The van der Waals surface area contributed by atoms with Crippen molar-refractivity contribution in [3.8, 4) is 5.69 Å². The van der Waals surface area contributed by atoms with Crippen LogP contribution in [0, 0.1) is 6.92 Å². The van der Waals surface area contributed by atoms with Crippen molar-refractivity contribution in [2.45, 2.75) is 31.6 Å². The number of aromatic nitrogens is 4. The number of sulfonamides is 1. The smallest absolute Gasteiger partial charge is 0.243 e. The van der Waals surface area contributed by atoms with Gasteiger partial charge in [0.2, 0.25) is 10.0 Å². The highest BCUT2D eigenvalue weighted by atomic mass is 32.2. The van der Waals surface area contributed by atoms with Crippen LogP contribution < -0.4 is 4.90 Å². The number of piperazine rings is 1. The second-order valence-electron chi connectivity index (χ2n) is 9.64. The van der Waals surface area contributed by atoms with Crippen LogP contribution in [-0.2, 0) is 16.4 Å². The third-order valence-electron chi connectivity index (χ3n) is 7.10. The summed E-state index contributed by atoms with van der Waals surface area (Å²) in [6.07, 6.45) is 1.69. The molecule has 0 N–H and O–H groups in total. The van der Waals surface area contributed by atoms with Gasteiger partial charge in [0.1, 0.15) is 11.6 Å². The number of aryl methyl sites for hydroxylation is 2. The zero-order chi connectivity index (χ0) is 26.3. The fraction of sp³-hybridized carbons (Fsp3) is 0.276. The maximum Gasteiger partial charge on any atom is 0.243 e. The molecule has 194 valence electrons. The van der Waals surface area contributed by atoms with Gasteiger partial charge in [-0.15, -0.1) is 0 Å². The van der Waals surface area contributed by atoms with E-state index < -0.39 is 10.0 Å². The predicted molar refractivity (Wildman–Crippen MR) is 150 cm³/mol. The molecule has 0 radical (unpaired) electrons. The Morgan fingerprint density at radius 3 is 2.29 bits per heavy atom. The van der Waals surface area contributed by atoms with Crippen molar-refractivity contribution in [3.63, 3.8) is 0 Å². The maximum absolute atomic E-state index is 13.5. The molecule has 0 atom stereocenters. The van der Waals surface area contributed by atoms with Gasteiger partial charge in [-0.25, -0.2) is 23.1 Å². The van der Waals surface area contributed by atoms with Crippen molar-refractivity contribution >= 4 is 37.6 Å². The van der Waals surface area contributed by atoms with Gasteiger partial charge in [0.15, 0.2) is 5.65 Å². The van der Waals surface area contributed by atoms with Crippen LogP contribution in [0.15, 0.2) is 77.7 Å². The Labute approximate surface area is 222 Å². The van der Waals surface area contributed by atoms with Gasteiger partial charge in [-0.3, -0.25) is 0 Å². The quantitative estimate of drug-likeness (QED) is 0.318. The number of hydrogen-bond acceptors (Lipinski definition) is 6. The van der Waals surface area contributed by atoms with E-state index in [1.54, 1.807) is 16.4 Å². The number of fused-ring (bicyclic) bond motifs is 2. The van der Waals surface area contributed by atoms with Crippen LogP contribution >= 0.6 is 0 Å². The molecule has 0 aliphatic carbocycles. The summed E-state index contributed by atoms with van der Waals surface area (Å²) in [6, 6.07) is 23.2. The van der Waals surface area contributed by atoms with Gasteiger partial charge < -0.3 is 4.90 Å². The molecule has 3 aromatic carbocycles. The molecule has 8 nitrogen and oxygen atoms in total. The summed E-state index contributed by atoms with van der Waals surface area (Å²) in [5, 5.41) is 7.68. The molecule has 2 aromatic heterocycles. The van der Waals surface area contributed by atoms with Crippen LogP contribution in [-0.4, -0.2) is 58.7 Å². The Morgan fingerprint density at radius 2 is 1.55 bits per heavy atom. The van der Waals surface area contributed by atoms with E-state index in [1.165, 1.54) is 0 Å². The van der Waals surface area contributed by atoms with Crippen LogP contribution in [0.2, 0.25) is 0 Å². The summed E-state index contributed by atoms with van der Waals surface area (Å²) in [4.78, 5) is 12.4. The largest absolute Gasteiger partial charge is 0.353 e. The van der Waals surface area contributed by atoms with E-state index in [1.807, 2.05) is 72.3 Å². The summed E-state index contributed by atoms with van der Waals surface area (Å²) in [5.41, 5.74) is 2.59. The molecule has 0 saturated carbocycles. The first kappa shape index (κ1) is 24.5. The maximum atomic E-state index is 13.5. The molecule has 3 heterocycles. The highest BCUT2D eigenvalue weighted by molar-refractivity contribution is 7.89. The third-order valence-corrected chi connectivity index (χ3v) is 9.00. The van der Waals surface area contributed by atoms with E-state index in [4.69, 9.17) is 15.1 Å². The van der Waals surface area contributed by atoms with E-state index in [0.29, 0.717) is 31.1 Å². The number of hydrogen-bond donors (Lipinski definition) is 0. The SMILES string of the molecule is CCCc1nc(N2CCN(S(=O)(=O)c3ccc4ccccc4c3)CC2)c2c(C)nn(-c3ccccc3)c2n1. The van der Waals surface area contributed by atoms with Gasteiger partial charge in [-0.2, -0.15) is 9.40 Å². The number of rotatable bonds is 6. The predicted octanol–water partition coefficient (Wildman–Crippen LogP) is 4.74. The highest BCUT2D eigenvalue weighted by Gasteiger charge is 2.31. The Morgan fingerprint density at radius 1 is 0.842 bits per heavy atom. The fourth-order valence-electron chi connectivity index (χ4n) is 5.14. The van der Waals surface area contributed by atoms with Gasteiger partial charge in [0.25, 0.3) is 0 Å². The summed E-state index contributed by atoms with van der Waals surface area (Å²) in [6.45, 7) is 5.95. The molecule has 1 saturated heterocycles. The lowest BCUT2D eigenvalue weighted by atomic mass is 10.1. The van der Waals surface area contributed by atoms with Crippen molar-refractivity contribution < 1.29 is 8.42 Å². The van der Waals surface area contributed by atoms with E-state index in [0.717, 1.165) is 57.7 Å². The lowest BCUT2D eigenvalue weighted by Gasteiger charge is -2.35. The zero-order valence-electron chi connectivity index (χ0n) is 21.6. The van der Waals surface area contributed by atoms with Crippen LogP contribution in [0.4, 0.5) is 5.82 Å². The molecule has 38 heavy (non-hydrogen) atoms. The zero-order valence-corrected chi connectivity index (χ0v) is 22.4. The normalized spacial score (nSPS) is 14.9. The molecule has 0 bridgehead atoms. The minimum absolute atomic E-state index is 0.333. The van der Waals surface area contributed by atoms with Crippen LogP contribution in [0.25, 0.3) is 27.5 Å². The number of nitrogens with zero attached hydrogens (tertiary/aromatic N) is 6. The molecule has 1 aliphatic heterocycles. The fourth-order valence-corrected chi connectivity index (χ4v) is 6.59. The van der Waals surface area contributed by atoms with Crippen LogP contribution in [0.3, 0.4) is 0 Å². The highest BCUT2D eigenvalue weighted by Crippen LogP contribution is 2.31. The molecule has 1 fully saturated rings. The number of benzene rings is 3. The van der Waals surface area contributed by atoms with Gasteiger partial charge in [-0.1, -0.05) is 55.5 Å². The summed E-state index contributed by atoms with van der Waals surface area (Å²) in [7, 11) is -3.60. The molecule has 1 aliphatic rings. The standard InChI is InChI=1S/C29H30N6O2S/c1-3-9-26-30-28(27-21(2)32-35(29(27)31-26)24-12-5-4-6-13-24)33-16-18-34(19-17-33)38(36,37)25-15-14-22-10-7-8-11-23(22)20-25/h4-8,10-15,20H,3,9,16-19H2,1-2H3. The number of anilines is 1. The van der Waals surface area contributed by atoms with Gasteiger partial charge in [0, 0.05) is 32.6 Å². The van der Waals surface area contributed by atoms with Crippen molar-refractivity contribution in [3.05, 3.63) is 84.3 Å². The number of para-hydroxylation sites is 1. The average Bonchev–Trinajstić information content (AvgIpc) is 3.29. The molecule has 6 rings (SSSR count). The Bertz CT molecular complexity index is 1720. The molecule has 0 unspecified atom stereocenters. The molecular weight excluding hydrogens is 496 g/mol. The van der Waals surface area contributed by atoms with Crippen molar-refractivity contribution in [1.82, 2.24) is 24.1 Å². The Balaban J connectivity index is 1.32. The Hall–Kier alpha value is -3.82. The molecule has 0 spiro atoms. The third kappa shape index (κ3) is 4.31. The minimum Gasteiger partial charge on any atom is -0.353 e. The first-order valence-corrected chi connectivity index (χ1v) is 14.5. The summed E-state index contributed by atoms with van der Waals surface area (Å²) in [5.74, 6) is 1.61. The molecule has 0 amide bonds. The van der Waals surface area contributed by atoms with Gasteiger partial charge >= 0.3 is 0 Å². The van der Waals surface area contributed by atoms with E-state index >= 15 is 0 Å². The summed E-state index contributed by atoms with van der Waals surface area (Å²) < 4.78 is 30.5. The monoisotopic (exact) mass is 526 g/mol. The second kappa shape index (κ2) is 9.81. The Kier molecular flexibility index (Phi) is 6.33. The lowest BCUT2D eigenvalue weighted by Crippen LogP contribution is -2.49. The van der Waals surface area contributed by atoms with Gasteiger partial charge in [0.05, 0.1) is 21.7 Å². The van der Waals surface area contributed by atoms with E-state index in [9.17, 15) is 8.42 Å².